The number of methoxy groups -OCH3 is 1. The minimum Gasteiger partial charge on any atom is -0.489 e. The van der Waals surface area contributed by atoms with Gasteiger partial charge in [-0.15, -0.1) is 12.4 Å². The van der Waals surface area contributed by atoms with Crippen molar-refractivity contribution in [2.24, 2.45) is 5.41 Å². The molecule has 2 atom stereocenters. The summed E-state index contributed by atoms with van der Waals surface area (Å²) in [5, 5.41) is 3.14. The molecule has 1 N–H and O–H groups in total. The molecule has 1 aromatic carbocycles. The summed E-state index contributed by atoms with van der Waals surface area (Å²) in [6, 6.07) is 8.11. The van der Waals surface area contributed by atoms with Gasteiger partial charge in [-0.3, -0.25) is 4.79 Å². The van der Waals surface area contributed by atoms with Gasteiger partial charge in [-0.1, -0.05) is 46.8 Å². The van der Waals surface area contributed by atoms with Crippen molar-refractivity contribution >= 4 is 18.4 Å². The van der Waals surface area contributed by atoms with Crippen LogP contribution in [0.1, 0.15) is 53.0 Å². The normalized spacial score (nSPS) is 20.7. The zero-order chi connectivity index (χ0) is 18.0. The molecule has 1 aliphatic heterocycles. The number of hydrogen-bond acceptors (Lipinski definition) is 4. The van der Waals surface area contributed by atoms with Gasteiger partial charge in [0.15, 0.2) is 0 Å². The molecule has 2 rings (SSSR count). The first-order valence-electron chi connectivity index (χ1n) is 8.69. The first kappa shape index (κ1) is 21.8. The first-order valence-corrected chi connectivity index (χ1v) is 8.69. The van der Waals surface area contributed by atoms with E-state index in [1.165, 1.54) is 12.7 Å². The Bertz CT molecular complexity index is 563. The highest BCUT2D eigenvalue weighted by Crippen LogP contribution is 2.36. The highest BCUT2D eigenvalue weighted by atomic mass is 35.5. The van der Waals surface area contributed by atoms with Crippen LogP contribution in [0.15, 0.2) is 24.3 Å². The molecule has 1 saturated heterocycles. The van der Waals surface area contributed by atoms with Gasteiger partial charge in [0.05, 0.1) is 7.11 Å². The molecule has 0 unspecified atom stereocenters. The fraction of sp³-hybridized carbons (Fsp3) is 0.650. The number of benzene rings is 1. The van der Waals surface area contributed by atoms with Crippen molar-refractivity contribution < 1.29 is 14.3 Å². The molecule has 1 aliphatic rings. The second-order valence-electron chi connectivity index (χ2n) is 8.61. The smallest absolute Gasteiger partial charge is 0.323 e. The van der Waals surface area contributed by atoms with Crippen molar-refractivity contribution in [2.45, 2.75) is 65.0 Å². The molecule has 1 heterocycles. The number of esters is 1. The number of carbonyl (C=O) groups is 1. The summed E-state index contributed by atoms with van der Waals surface area (Å²) >= 11 is 0. The van der Waals surface area contributed by atoms with Crippen molar-refractivity contribution in [3.8, 4) is 5.75 Å². The van der Waals surface area contributed by atoms with E-state index in [2.05, 4.69) is 52.1 Å². The molecule has 5 heteroatoms. The van der Waals surface area contributed by atoms with E-state index in [1.807, 2.05) is 12.1 Å². The third-order valence-electron chi connectivity index (χ3n) is 4.49. The summed E-state index contributed by atoms with van der Waals surface area (Å²) < 4.78 is 10.8. The fourth-order valence-electron chi connectivity index (χ4n) is 3.72. The van der Waals surface area contributed by atoms with Crippen LogP contribution in [0.5, 0.6) is 5.75 Å². The molecule has 1 fully saturated rings. The maximum absolute atomic E-state index is 11.5. The molecule has 0 spiro atoms. The van der Waals surface area contributed by atoms with Gasteiger partial charge in [0.2, 0.25) is 0 Å². The average molecular weight is 370 g/mol. The van der Waals surface area contributed by atoms with Crippen LogP contribution >= 0.6 is 12.4 Å². The second kappa shape index (κ2) is 8.41. The van der Waals surface area contributed by atoms with Crippen molar-refractivity contribution in [1.29, 1.82) is 0 Å². The number of hydrogen-bond donors (Lipinski definition) is 1. The van der Waals surface area contributed by atoms with Crippen LogP contribution in [0.4, 0.5) is 0 Å². The van der Waals surface area contributed by atoms with E-state index in [0.29, 0.717) is 13.0 Å². The third-order valence-corrected chi connectivity index (χ3v) is 4.49. The minimum atomic E-state index is -0.259. The molecule has 1 aromatic rings. The largest absolute Gasteiger partial charge is 0.489 e. The highest BCUT2D eigenvalue weighted by Gasteiger charge is 2.31. The van der Waals surface area contributed by atoms with Crippen molar-refractivity contribution in [2.75, 3.05) is 13.7 Å². The first-order chi connectivity index (χ1) is 11.1. The topological polar surface area (TPSA) is 47.6 Å². The summed E-state index contributed by atoms with van der Waals surface area (Å²) in [4.78, 5) is 11.5. The Labute approximate surface area is 158 Å². The van der Waals surface area contributed by atoms with Gasteiger partial charge in [-0.05, 0) is 34.9 Å². The van der Waals surface area contributed by atoms with Gasteiger partial charge in [-0.2, -0.15) is 0 Å². The van der Waals surface area contributed by atoms with Crippen molar-refractivity contribution in [1.82, 2.24) is 5.32 Å². The summed E-state index contributed by atoms with van der Waals surface area (Å²) in [6.45, 7) is 12.1. The Hall–Kier alpha value is -1.26. The van der Waals surface area contributed by atoms with E-state index in [1.54, 1.807) is 0 Å². The molecule has 142 valence electrons. The lowest BCUT2D eigenvalue weighted by Gasteiger charge is -2.33. The average Bonchev–Trinajstić information content (AvgIpc) is 2.93. The van der Waals surface area contributed by atoms with Gasteiger partial charge in [0, 0.05) is 13.0 Å². The molecule has 25 heavy (non-hydrogen) atoms. The molecule has 0 radical (unpaired) electrons. The Kier molecular flexibility index (Phi) is 7.33. The van der Waals surface area contributed by atoms with E-state index in [-0.39, 0.29) is 41.4 Å². The van der Waals surface area contributed by atoms with Crippen LogP contribution in [0, 0.1) is 5.41 Å². The lowest BCUT2D eigenvalue weighted by atomic mass is 9.72. The SMILES string of the molecule is COC(=O)[C@@H]1C[C@@H](Oc2ccc(C(C)(C)CC(C)(C)C)cc2)CN1.Cl. The zero-order valence-corrected chi connectivity index (χ0v) is 17.0. The van der Waals surface area contributed by atoms with Crippen LogP contribution in [0.3, 0.4) is 0 Å². The predicted molar refractivity (Wildman–Crippen MR) is 104 cm³/mol. The maximum atomic E-state index is 11.5. The number of halogens is 1. The van der Waals surface area contributed by atoms with Crippen LogP contribution in [0.2, 0.25) is 0 Å². The lowest BCUT2D eigenvalue weighted by molar-refractivity contribution is -0.142. The van der Waals surface area contributed by atoms with Crippen LogP contribution in [0.25, 0.3) is 0 Å². The standard InChI is InChI=1S/C20H31NO3.ClH/c1-19(2,3)13-20(4,5)14-7-9-15(10-8-14)24-16-11-17(21-12-16)18(22)23-6;/h7-10,16-17,21H,11-13H2,1-6H3;1H/t16-,17+;/m1./s1. The van der Waals surface area contributed by atoms with Gasteiger partial charge in [0.1, 0.15) is 17.9 Å². The highest BCUT2D eigenvalue weighted by molar-refractivity contribution is 5.85. The van der Waals surface area contributed by atoms with Gasteiger partial charge < -0.3 is 14.8 Å². The molecule has 4 nitrogen and oxygen atoms in total. The Morgan fingerprint density at radius 2 is 1.76 bits per heavy atom. The summed E-state index contributed by atoms with van der Waals surface area (Å²) in [6.07, 6.45) is 1.76. The van der Waals surface area contributed by atoms with Gasteiger partial charge in [-0.25, -0.2) is 0 Å². The molecule has 0 aliphatic carbocycles. The molecule has 0 saturated carbocycles. The third kappa shape index (κ3) is 6.19. The van der Waals surface area contributed by atoms with E-state index in [9.17, 15) is 4.79 Å². The van der Waals surface area contributed by atoms with Crippen molar-refractivity contribution in [3.05, 3.63) is 29.8 Å². The Morgan fingerprint density at radius 1 is 1.16 bits per heavy atom. The quantitative estimate of drug-likeness (QED) is 0.793. The maximum Gasteiger partial charge on any atom is 0.323 e. The van der Waals surface area contributed by atoms with Crippen LogP contribution in [-0.4, -0.2) is 31.8 Å². The zero-order valence-electron chi connectivity index (χ0n) is 16.2. The summed E-state index contributed by atoms with van der Waals surface area (Å²) in [5.41, 5.74) is 1.74. The Morgan fingerprint density at radius 3 is 2.28 bits per heavy atom. The molecule has 0 bridgehead atoms. The molecule has 0 amide bonds. The summed E-state index contributed by atoms with van der Waals surface area (Å²) in [7, 11) is 1.41. The van der Waals surface area contributed by atoms with Crippen LogP contribution < -0.4 is 10.1 Å². The second-order valence-corrected chi connectivity index (χ2v) is 8.61. The minimum absolute atomic E-state index is 0. The molecule has 0 aromatic heterocycles. The number of rotatable bonds is 5. The van der Waals surface area contributed by atoms with Gasteiger partial charge >= 0.3 is 5.97 Å². The fourth-order valence-corrected chi connectivity index (χ4v) is 3.72. The van der Waals surface area contributed by atoms with Crippen LogP contribution in [-0.2, 0) is 14.9 Å². The van der Waals surface area contributed by atoms with E-state index >= 15 is 0 Å². The number of carbonyl (C=O) groups excluding carboxylic acids is 1. The monoisotopic (exact) mass is 369 g/mol. The van der Waals surface area contributed by atoms with E-state index in [4.69, 9.17) is 9.47 Å². The van der Waals surface area contributed by atoms with E-state index < -0.39 is 0 Å². The van der Waals surface area contributed by atoms with E-state index in [0.717, 1.165) is 12.2 Å². The molecular formula is C20H32ClNO3. The van der Waals surface area contributed by atoms with Gasteiger partial charge in [0.25, 0.3) is 0 Å². The summed E-state index contributed by atoms with van der Waals surface area (Å²) in [5.74, 6) is 0.628. The molecular weight excluding hydrogens is 338 g/mol. The predicted octanol–water partition coefficient (Wildman–Crippen LogP) is 4.10. The number of ether oxygens (including phenoxy) is 2. The Balaban J connectivity index is 0.00000312. The van der Waals surface area contributed by atoms with Crippen molar-refractivity contribution in [3.63, 3.8) is 0 Å². The lowest BCUT2D eigenvalue weighted by Crippen LogP contribution is -2.31. The number of nitrogens with one attached hydrogen (secondary N) is 1.